The predicted molar refractivity (Wildman–Crippen MR) is 61.7 cm³/mol. The first-order chi connectivity index (χ1) is 7.77. The lowest BCUT2D eigenvalue weighted by atomic mass is 10.0. The molecular weight excluding hydrogens is 202 g/mol. The van der Waals surface area contributed by atoms with Crippen molar-refractivity contribution in [1.82, 2.24) is 15.6 Å². The van der Waals surface area contributed by atoms with Crippen LogP contribution < -0.4 is 10.6 Å². The van der Waals surface area contributed by atoms with Gasteiger partial charge in [-0.15, -0.1) is 0 Å². The molecular formula is C12H15N3O. The maximum atomic E-state index is 11.7. The fourth-order valence-electron chi connectivity index (χ4n) is 1.48. The Kier molecular flexibility index (Phi) is 3.31. The molecule has 0 atom stereocenters. The Morgan fingerprint density at radius 2 is 2.31 bits per heavy atom. The number of carbonyl (C=O) groups excluding carboxylic acids is 1. The maximum Gasteiger partial charge on any atom is 0.247 e. The van der Waals surface area contributed by atoms with Gasteiger partial charge in [0.05, 0.1) is 12.2 Å². The zero-order chi connectivity index (χ0) is 11.4. The molecule has 2 rings (SSSR count). The third kappa shape index (κ3) is 2.46. The minimum Gasteiger partial charge on any atom is -0.347 e. The molecule has 0 bridgehead atoms. The van der Waals surface area contributed by atoms with Crippen molar-refractivity contribution in [2.45, 2.75) is 13.5 Å². The van der Waals surface area contributed by atoms with Crippen molar-refractivity contribution in [3.8, 4) is 0 Å². The van der Waals surface area contributed by atoms with Crippen LogP contribution in [0.1, 0.15) is 12.6 Å². The summed E-state index contributed by atoms with van der Waals surface area (Å²) in [6.45, 7) is 4.02. The van der Waals surface area contributed by atoms with Crippen molar-refractivity contribution in [2.24, 2.45) is 0 Å². The molecule has 0 spiro atoms. The molecule has 1 fully saturated rings. The van der Waals surface area contributed by atoms with E-state index in [1.54, 1.807) is 6.20 Å². The monoisotopic (exact) mass is 217 g/mol. The lowest BCUT2D eigenvalue weighted by Gasteiger charge is -2.21. The highest BCUT2D eigenvalue weighted by atomic mass is 16.1. The Morgan fingerprint density at radius 3 is 2.88 bits per heavy atom. The number of hydrogen-bond donors (Lipinski definition) is 2. The van der Waals surface area contributed by atoms with E-state index < -0.39 is 0 Å². The molecule has 0 aromatic carbocycles. The molecule has 1 aliphatic rings. The summed E-state index contributed by atoms with van der Waals surface area (Å²) in [5.74, 6) is 0.00199. The first kappa shape index (κ1) is 10.8. The highest BCUT2D eigenvalue weighted by Gasteiger charge is 2.15. The van der Waals surface area contributed by atoms with Crippen molar-refractivity contribution < 1.29 is 4.79 Å². The number of pyridine rings is 1. The average molecular weight is 217 g/mol. The molecule has 1 aromatic heterocycles. The van der Waals surface area contributed by atoms with Crippen molar-refractivity contribution >= 4 is 5.91 Å². The summed E-state index contributed by atoms with van der Waals surface area (Å²) in [4.78, 5) is 15.9. The van der Waals surface area contributed by atoms with Crippen molar-refractivity contribution in [3.63, 3.8) is 0 Å². The van der Waals surface area contributed by atoms with Gasteiger partial charge in [-0.05, 0) is 24.6 Å². The van der Waals surface area contributed by atoms with E-state index in [1.165, 1.54) is 5.57 Å². The van der Waals surface area contributed by atoms with Crippen LogP contribution >= 0.6 is 0 Å². The molecule has 1 aromatic rings. The quantitative estimate of drug-likeness (QED) is 0.730. The normalized spacial score (nSPS) is 14.2. The van der Waals surface area contributed by atoms with E-state index in [-0.39, 0.29) is 5.91 Å². The molecule has 0 saturated carbocycles. The van der Waals surface area contributed by atoms with Gasteiger partial charge in [0.25, 0.3) is 0 Å². The maximum absolute atomic E-state index is 11.7. The van der Waals surface area contributed by atoms with Crippen LogP contribution in [-0.4, -0.2) is 24.0 Å². The van der Waals surface area contributed by atoms with Crippen molar-refractivity contribution in [2.75, 3.05) is 13.1 Å². The van der Waals surface area contributed by atoms with Gasteiger partial charge in [-0.25, -0.2) is 0 Å². The largest absolute Gasteiger partial charge is 0.347 e. The van der Waals surface area contributed by atoms with E-state index in [0.717, 1.165) is 24.4 Å². The zero-order valence-electron chi connectivity index (χ0n) is 9.29. The van der Waals surface area contributed by atoms with E-state index in [1.807, 2.05) is 25.1 Å². The summed E-state index contributed by atoms with van der Waals surface area (Å²) in [6, 6.07) is 5.67. The highest BCUT2D eigenvalue weighted by Crippen LogP contribution is 2.08. The summed E-state index contributed by atoms with van der Waals surface area (Å²) in [5.41, 5.74) is 2.90. The van der Waals surface area contributed by atoms with Crippen LogP contribution in [0.15, 0.2) is 35.5 Å². The second-order valence-corrected chi connectivity index (χ2v) is 3.84. The molecule has 0 aliphatic carbocycles. The first-order valence-corrected chi connectivity index (χ1v) is 5.35. The Bertz CT molecular complexity index is 406. The predicted octanol–water partition coefficient (Wildman–Crippen LogP) is 0.617. The van der Waals surface area contributed by atoms with E-state index in [0.29, 0.717) is 6.54 Å². The summed E-state index contributed by atoms with van der Waals surface area (Å²) in [6.07, 6.45) is 1.72. The number of rotatable bonds is 3. The minimum atomic E-state index is 0.00199. The van der Waals surface area contributed by atoms with Gasteiger partial charge in [0.1, 0.15) is 0 Å². The number of aromatic nitrogens is 1. The number of nitrogens with one attached hydrogen (secondary N) is 2. The summed E-state index contributed by atoms with van der Waals surface area (Å²) in [5, 5.41) is 5.98. The van der Waals surface area contributed by atoms with E-state index in [4.69, 9.17) is 0 Å². The number of amides is 1. The molecule has 1 amide bonds. The lowest BCUT2D eigenvalue weighted by molar-refractivity contribution is -0.117. The highest BCUT2D eigenvalue weighted by molar-refractivity contribution is 5.93. The minimum absolute atomic E-state index is 0.00199. The fourth-order valence-corrected chi connectivity index (χ4v) is 1.48. The van der Waals surface area contributed by atoms with Gasteiger partial charge in [0.15, 0.2) is 0 Å². The Morgan fingerprint density at radius 1 is 1.50 bits per heavy atom. The molecule has 4 heteroatoms. The second-order valence-electron chi connectivity index (χ2n) is 3.84. The third-order valence-corrected chi connectivity index (χ3v) is 2.70. The van der Waals surface area contributed by atoms with Gasteiger partial charge in [-0.1, -0.05) is 6.07 Å². The van der Waals surface area contributed by atoms with Gasteiger partial charge in [0, 0.05) is 24.9 Å². The SMILES string of the molecule is CC(C(=O)NCc1ccccn1)=C1CNC1. The molecule has 4 nitrogen and oxygen atoms in total. The van der Waals surface area contributed by atoms with E-state index >= 15 is 0 Å². The number of carbonyl (C=O) groups is 1. The van der Waals surface area contributed by atoms with Gasteiger partial charge < -0.3 is 10.6 Å². The molecule has 0 unspecified atom stereocenters. The van der Waals surface area contributed by atoms with Crippen LogP contribution in [0, 0.1) is 0 Å². The molecule has 84 valence electrons. The Labute approximate surface area is 94.8 Å². The fraction of sp³-hybridized carbons (Fsp3) is 0.333. The molecule has 16 heavy (non-hydrogen) atoms. The summed E-state index contributed by atoms with van der Waals surface area (Å²) in [7, 11) is 0. The molecule has 2 N–H and O–H groups in total. The molecule has 1 saturated heterocycles. The van der Waals surface area contributed by atoms with Crippen LogP contribution in [-0.2, 0) is 11.3 Å². The van der Waals surface area contributed by atoms with Crippen molar-refractivity contribution in [3.05, 3.63) is 41.2 Å². The van der Waals surface area contributed by atoms with Crippen molar-refractivity contribution in [1.29, 1.82) is 0 Å². The van der Waals surface area contributed by atoms with E-state index in [9.17, 15) is 4.79 Å². The number of hydrogen-bond acceptors (Lipinski definition) is 3. The van der Waals surface area contributed by atoms with Crippen LogP contribution in [0.4, 0.5) is 0 Å². The van der Waals surface area contributed by atoms with Gasteiger partial charge in [0.2, 0.25) is 5.91 Å². The van der Waals surface area contributed by atoms with Crippen LogP contribution in [0.25, 0.3) is 0 Å². The summed E-state index contributed by atoms with van der Waals surface area (Å²) >= 11 is 0. The smallest absolute Gasteiger partial charge is 0.247 e. The van der Waals surface area contributed by atoms with Gasteiger partial charge in [-0.2, -0.15) is 0 Å². The van der Waals surface area contributed by atoms with Crippen LogP contribution in [0.5, 0.6) is 0 Å². The topological polar surface area (TPSA) is 54.0 Å². The van der Waals surface area contributed by atoms with Crippen LogP contribution in [0.3, 0.4) is 0 Å². The standard InChI is InChI=1S/C12H15N3O/c1-9(10-6-13-7-10)12(16)15-8-11-4-2-3-5-14-11/h2-5,13H,6-8H2,1H3,(H,15,16). The molecule has 0 radical (unpaired) electrons. The summed E-state index contributed by atoms with van der Waals surface area (Å²) < 4.78 is 0. The molecule has 1 aliphatic heterocycles. The van der Waals surface area contributed by atoms with Gasteiger partial charge in [-0.3, -0.25) is 9.78 Å². The van der Waals surface area contributed by atoms with Crippen LogP contribution in [0.2, 0.25) is 0 Å². The second kappa shape index (κ2) is 4.90. The zero-order valence-corrected chi connectivity index (χ0v) is 9.29. The van der Waals surface area contributed by atoms with E-state index in [2.05, 4.69) is 15.6 Å². The third-order valence-electron chi connectivity index (χ3n) is 2.70. The lowest BCUT2D eigenvalue weighted by Crippen LogP contribution is -2.37. The van der Waals surface area contributed by atoms with Gasteiger partial charge >= 0.3 is 0 Å². The Balaban J connectivity index is 1.89. The first-order valence-electron chi connectivity index (χ1n) is 5.35. The average Bonchev–Trinajstić information content (AvgIpc) is 2.25. The molecule has 2 heterocycles. The number of nitrogens with zero attached hydrogens (tertiary/aromatic N) is 1. The Hall–Kier alpha value is -1.68.